The van der Waals surface area contributed by atoms with Crippen LogP contribution in [0, 0.1) is 6.92 Å². The van der Waals surface area contributed by atoms with Crippen LogP contribution < -0.4 is 4.74 Å². The van der Waals surface area contributed by atoms with Crippen LogP contribution in [0.3, 0.4) is 0 Å². The van der Waals surface area contributed by atoms with Crippen LogP contribution in [0.4, 0.5) is 0 Å². The van der Waals surface area contributed by atoms with Crippen molar-refractivity contribution >= 4 is 27.8 Å². The number of nitrogens with zero attached hydrogens (tertiary/aromatic N) is 2. The van der Waals surface area contributed by atoms with Gasteiger partial charge < -0.3 is 14.0 Å². The molecule has 0 bridgehead atoms. The molecule has 27 heavy (non-hydrogen) atoms. The summed E-state index contributed by atoms with van der Waals surface area (Å²) in [6.45, 7) is 2.03. The third-order valence-electron chi connectivity index (χ3n) is 4.96. The summed E-state index contributed by atoms with van der Waals surface area (Å²) in [5.41, 5.74) is 4.92. The first-order valence-corrected chi connectivity index (χ1v) is 8.73. The lowest BCUT2D eigenvalue weighted by atomic mass is 10.1. The van der Waals surface area contributed by atoms with Crippen LogP contribution in [0.15, 0.2) is 54.7 Å². The predicted octanol–water partition coefficient (Wildman–Crippen LogP) is 4.21. The zero-order valence-electron chi connectivity index (χ0n) is 15.5. The molecular weight excluding hydrogens is 340 g/mol. The fourth-order valence-electron chi connectivity index (χ4n) is 3.62. The number of ether oxygens (including phenoxy) is 2. The van der Waals surface area contributed by atoms with Crippen LogP contribution in [0.2, 0.25) is 0 Å². The van der Waals surface area contributed by atoms with E-state index in [9.17, 15) is 4.79 Å². The number of carbonyl (C=O) groups is 1. The highest BCUT2D eigenvalue weighted by molar-refractivity contribution is 5.95. The van der Waals surface area contributed by atoms with Crippen LogP contribution in [-0.2, 0) is 16.0 Å². The minimum absolute atomic E-state index is 0.210. The first-order chi connectivity index (χ1) is 13.1. The second-order valence-corrected chi connectivity index (χ2v) is 6.38. The Kier molecular flexibility index (Phi) is 4.28. The Labute approximate surface area is 157 Å². The summed E-state index contributed by atoms with van der Waals surface area (Å²) in [6.07, 6.45) is 2.02. The van der Waals surface area contributed by atoms with E-state index in [1.807, 2.05) is 55.6 Å². The Balaban J connectivity index is 2.06. The molecule has 0 amide bonds. The number of fused-ring (bicyclic) bond motifs is 2. The van der Waals surface area contributed by atoms with Gasteiger partial charge in [0.1, 0.15) is 5.75 Å². The average Bonchev–Trinajstić information content (AvgIpc) is 2.98. The van der Waals surface area contributed by atoms with Gasteiger partial charge in [-0.15, -0.1) is 0 Å². The maximum atomic E-state index is 12.0. The molecule has 136 valence electrons. The normalized spacial score (nSPS) is 11.1. The molecule has 2 aromatic carbocycles. The minimum Gasteiger partial charge on any atom is -0.497 e. The number of methoxy groups -OCH3 is 2. The molecule has 0 fully saturated rings. The molecular formula is C22H20N2O3. The van der Waals surface area contributed by atoms with Gasteiger partial charge in [0.2, 0.25) is 0 Å². The van der Waals surface area contributed by atoms with E-state index in [1.165, 1.54) is 7.11 Å². The van der Waals surface area contributed by atoms with Gasteiger partial charge in [0.15, 0.2) is 0 Å². The zero-order chi connectivity index (χ0) is 19.0. The van der Waals surface area contributed by atoms with E-state index in [4.69, 9.17) is 9.47 Å². The predicted molar refractivity (Wildman–Crippen MR) is 106 cm³/mol. The molecule has 0 spiro atoms. The van der Waals surface area contributed by atoms with Crippen LogP contribution in [0.1, 0.15) is 11.3 Å². The van der Waals surface area contributed by atoms with Crippen LogP contribution in [0.25, 0.3) is 27.5 Å². The summed E-state index contributed by atoms with van der Waals surface area (Å²) in [4.78, 5) is 16.5. The molecule has 0 aliphatic carbocycles. The fourth-order valence-corrected chi connectivity index (χ4v) is 3.62. The molecule has 5 nitrogen and oxygen atoms in total. The Bertz CT molecular complexity index is 1160. The summed E-state index contributed by atoms with van der Waals surface area (Å²) in [5.74, 6) is 0.491. The maximum absolute atomic E-state index is 12.0. The van der Waals surface area contributed by atoms with E-state index in [1.54, 1.807) is 7.11 Å². The second-order valence-electron chi connectivity index (χ2n) is 6.38. The van der Waals surface area contributed by atoms with Gasteiger partial charge >= 0.3 is 5.97 Å². The lowest BCUT2D eigenvalue weighted by Crippen LogP contribution is -2.06. The van der Waals surface area contributed by atoms with E-state index in [2.05, 4.69) is 15.6 Å². The molecule has 0 saturated carbocycles. The van der Waals surface area contributed by atoms with E-state index < -0.39 is 0 Å². The lowest BCUT2D eigenvalue weighted by molar-refractivity contribution is -0.139. The van der Waals surface area contributed by atoms with Gasteiger partial charge in [0, 0.05) is 22.7 Å². The highest BCUT2D eigenvalue weighted by atomic mass is 16.5. The first-order valence-electron chi connectivity index (χ1n) is 8.73. The number of benzene rings is 2. The Morgan fingerprint density at radius 3 is 2.67 bits per heavy atom. The molecule has 0 aliphatic heterocycles. The highest BCUT2D eigenvalue weighted by Crippen LogP contribution is 2.34. The van der Waals surface area contributed by atoms with E-state index in [0.717, 1.165) is 44.5 Å². The van der Waals surface area contributed by atoms with Gasteiger partial charge in [0.25, 0.3) is 0 Å². The van der Waals surface area contributed by atoms with Gasteiger partial charge in [-0.2, -0.15) is 0 Å². The monoisotopic (exact) mass is 360 g/mol. The minimum atomic E-state index is -0.264. The summed E-state index contributed by atoms with van der Waals surface area (Å²) in [7, 11) is 3.05. The Hall–Kier alpha value is -3.34. The van der Waals surface area contributed by atoms with Crippen molar-refractivity contribution in [1.29, 1.82) is 0 Å². The smallest absolute Gasteiger partial charge is 0.310 e. The molecule has 0 saturated heterocycles. The number of pyridine rings is 1. The zero-order valence-corrected chi connectivity index (χ0v) is 15.5. The van der Waals surface area contributed by atoms with E-state index in [0.29, 0.717) is 0 Å². The maximum Gasteiger partial charge on any atom is 0.310 e. The third-order valence-corrected chi connectivity index (χ3v) is 4.96. The highest BCUT2D eigenvalue weighted by Gasteiger charge is 2.19. The number of hydrogen-bond donors (Lipinski definition) is 0. The van der Waals surface area contributed by atoms with Gasteiger partial charge in [-0.05, 0) is 42.8 Å². The largest absolute Gasteiger partial charge is 0.497 e. The van der Waals surface area contributed by atoms with Gasteiger partial charge in [-0.25, -0.2) is 0 Å². The van der Waals surface area contributed by atoms with Crippen molar-refractivity contribution in [3.63, 3.8) is 0 Å². The van der Waals surface area contributed by atoms with Crippen molar-refractivity contribution in [2.45, 2.75) is 13.3 Å². The molecule has 5 heteroatoms. The third kappa shape index (κ3) is 2.81. The van der Waals surface area contributed by atoms with Crippen molar-refractivity contribution in [2.75, 3.05) is 14.2 Å². The van der Waals surface area contributed by atoms with E-state index in [-0.39, 0.29) is 12.4 Å². The first kappa shape index (κ1) is 17.1. The molecule has 2 heterocycles. The Morgan fingerprint density at radius 1 is 1.07 bits per heavy atom. The van der Waals surface area contributed by atoms with Crippen molar-refractivity contribution in [3.8, 4) is 11.4 Å². The second kappa shape index (κ2) is 6.76. The van der Waals surface area contributed by atoms with Crippen molar-refractivity contribution in [3.05, 3.63) is 66.0 Å². The number of rotatable bonds is 4. The standard InChI is InChI=1S/C22H20N2O3/c1-14-17(13-22(25)27-3)18-12-15(26-2)8-9-20(18)24(14)21-10-11-23-19-7-5-4-6-16(19)21/h4-12H,13H2,1-3H3. The topological polar surface area (TPSA) is 53.4 Å². The molecule has 0 radical (unpaired) electrons. The Morgan fingerprint density at radius 2 is 1.89 bits per heavy atom. The number of carbonyl (C=O) groups excluding carboxylic acids is 1. The van der Waals surface area contributed by atoms with Crippen LogP contribution in [-0.4, -0.2) is 29.7 Å². The van der Waals surface area contributed by atoms with Crippen molar-refractivity contribution in [2.24, 2.45) is 0 Å². The molecule has 4 aromatic rings. The number of aromatic nitrogens is 2. The average molecular weight is 360 g/mol. The molecule has 0 aliphatic rings. The van der Waals surface area contributed by atoms with E-state index >= 15 is 0 Å². The van der Waals surface area contributed by atoms with Crippen LogP contribution >= 0.6 is 0 Å². The summed E-state index contributed by atoms with van der Waals surface area (Å²) < 4.78 is 12.5. The van der Waals surface area contributed by atoms with Crippen LogP contribution in [0.5, 0.6) is 5.75 Å². The van der Waals surface area contributed by atoms with Gasteiger partial charge in [-0.1, -0.05) is 18.2 Å². The molecule has 0 unspecified atom stereocenters. The van der Waals surface area contributed by atoms with Crippen molar-refractivity contribution in [1.82, 2.24) is 9.55 Å². The number of para-hydroxylation sites is 1. The summed E-state index contributed by atoms with van der Waals surface area (Å²) >= 11 is 0. The van der Waals surface area contributed by atoms with Gasteiger partial charge in [0.05, 0.1) is 37.4 Å². The molecule has 4 rings (SSSR count). The fraction of sp³-hybridized carbons (Fsp3) is 0.182. The summed E-state index contributed by atoms with van der Waals surface area (Å²) in [6, 6.07) is 16.0. The lowest BCUT2D eigenvalue weighted by Gasteiger charge is -2.12. The summed E-state index contributed by atoms with van der Waals surface area (Å²) in [5, 5.41) is 2.04. The SMILES string of the molecule is COC(=O)Cc1c(C)n(-c2ccnc3ccccc23)c2ccc(OC)cc12. The van der Waals surface area contributed by atoms with Crippen molar-refractivity contribution < 1.29 is 14.3 Å². The molecule has 0 N–H and O–H groups in total. The molecule has 0 atom stereocenters. The quantitative estimate of drug-likeness (QED) is 0.512. The molecule has 2 aromatic heterocycles. The number of hydrogen-bond acceptors (Lipinski definition) is 4. The number of esters is 1. The van der Waals surface area contributed by atoms with Gasteiger partial charge in [-0.3, -0.25) is 9.78 Å².